The molecule has 11 rings (SSSR count). The number of rotatable bonds is 5. The van der Waals surface area contributed by atoms with Gasteiger partial charge in [-0.25, -0.2) is 9.97 Å². The number of benzene rings is 8. The summed E-state index contributed by atoms with van der Waals surface area (Å²) in [5.74, 6) is 0.692. The molecule has 0 amide bonds. The zero-order valence-corrected chi connectivity index (χ0v) is 30.2. The van der Waals surface area contributed by atoms with E-state index in [1.54, 1.807) is 0 Å². The molecule has 0 radical (unpaired) electrons. The Labute approximate surface area is 319 Å². The second-order valence-corrected chi connectivity index (χ2v) is 14.7. The lowest BCUT2D eigenvalue weighted by Gasteiger charge is -2.28. The monoisotopic (exact) mass is 702 g/mol. The van der Waals surface area contributed by atoms with Crippen molar-refractivity contribution in [1.29, 1.82) is 0 Å². The summed E-state index contributed by atoms with van der Waals surface area (Å²) in [4.78, 5) is 10.6. The quantitative estimate of drug-likeness (QED) is 0.179. The van der Waals surface area contributed by atoms with Gasteiger partial charge in [-0.15, -0.1) is 0 Å². The van der Waals surface area contributed by atoms with Gasteiger partial charge in [0.2, 0.25) is 0 Å². The van der Waals surface area contributed by atoms with E-state index in [0.29, 0.717) is 5.82 Å². The van der Waals surface area contributed by atoms with Crippen molar-refractivity contribution in [3.05, 3.63) is 205 Å². The van der Waals surface area contributed by atoms with Crippen molar-refractivity contribution in [2.45, 2.75) is 12.3 Å². The van der Waals surface area contributed by atoms with E-state index >= 15 is 0 Å². The van der Waals surface area contributed by atoms with E-state index in [0.717, 1.165) is 66.5 Å². The van der Waals surface area contributed by atoms with Crippen LogP contribution in [0.3, 0.4) is 0 Å². The van der Waals surface area contributed by atoms with Crippen LogP contribution in [0.1, 0.15) is 23.6 Å². The molecule has 1 unspecified atom stereocenters. The van der Waals surface area contributed by atoms with Gasteiger partial charge in [-0.05, 0) is 81.4 Å². The minimum Gasteiger partial charge on any atom is -0.455 e. The molecule has 1 atom stereocenters. The van der Waals surface area contributed by atoms with Gasteiger partial charge in [0.05, 0.1) is 11.4 Å². The molecule has 258 valence electrons. The molecule has 0 bridgehead atoms. The third kappa shape index (κ3) is 4.97. The van der Waals surface area contributed by atoms with E-state index in [4.69, 9.17) is 14.4 Å². The summed E-state index contributed by atoms with van der Waals surface area (Å²) in [6.07, 6.45) is 0. The Morgan fingerprint density at radius 3 is 1.96 bits per heavy atom. The largest absolute Gasteiger partial charge is 0.455 e. The molecule has 0 N–H and O–H groups in total. The van der Waals surface area contributed by atoms with Crippen LogP contribution in [-0.4, -0.2) is 9.97 Å². The van der Waals surface area contributed by atoms with Gasteiger partial charge in [-0.1, -0.05) is 158 Å². The number of hydrogen-bond acceptors (Lipinski definition) is 3. The molecule has 55 heavy (non-hydrogen) atoms. The van der Waals surface area contributed by atoms with E-state index in [9.17, 15) is 0 Å². The van der Waals surface area contributed by atoms with Crippen LogP contribution in [0.25, 0.3) is 88.9 Å². The Bertz CT molecular complexity index is 3120. The first-order valence-electron chi connectivity index (χ1n) is 18.8. The zero-order chi connectivity index (χ0) is 36.5. The van der Waals surface area contributed by atoms with E-state index < -0.39 is 0 Å². The molecule has 0 fully saturated rings. The molecule has 2 aromatic heterocycles. The van der Waals surface area contributed by atoms with Crippen LogP contribution >= 0.6 is 0 Å². The average Bonchev–Trinajstić information content (AvgIpc) is 3.77. The molecule has 3 heteroatoms. The smallest absolute Gasteiger partial charge is 0.160 e. The molecule has 3 nitrogen and oxygen atoms in total. The Morgan fingerprint density at radius 1 is 0.418 bits per heavy atom. The molecule has 0 saturated carbocycles. The minimum atomic E-state index is -0.313. The normalized spacial score (nSPS) is 14.7. The SMILES string of the molecule is CC1(c2ccccc2)c2ccccc2-c2ccc(-c3cc(-c4cccc(-c5cccc6c5oc5ccccc56)c4)nc(-c4ccc5ccccc5c4)n3)cc21. The van der Waals surface area contributed by atoms with Crippen LogP contribution in [0, 0.1) is 0 Å². The Kier molecular flexibility index (Phi) is 6.99. The lowest BCUT2D eigenvalue weighted by Crippen LogP contribution is -2.22. The summed E-state index contributed by atoms with van der Waals surface area (Å²) in [5, 5.41) is 4.58. The molecule has 0 spiro atoms. The predicted molar refractivity (Wildman–Crippen MR) is 226 cm³/mol. The van der Waals surface area contributed by atoms with Crippen LogP contribution in [-0.2, 0) is 5.41 Å². The number of hydrogen-bond donors (Lipinski definition) is 0. The summed E-state index contributed by atoms with van der Waals surface area (Å²) >= 11 is 0. The summed E-state index contributed by atoms with van der Waals surface area (Å²) in [6, 6.07) is 66.9. The van der Waals surface area contributed by atoms with Crippen molar-refractivity contribution in [2.24, 2.45) is 0 Å². The molecule has 0 saturated heterocycles. The summed E-state index contributed by atoms with van der Waals surface area (Å²) < 4.78 is 6.46. The van der Waals surface area contributed by atoms with Crippen molar-refractivity contribution in [3.8, 4) is 56.2 Å². The average molecular weight is 703 g/mol. The van der Waals surface area contributed by atoms with Crippen molar-refractivity contribution in [2.75, 3.05) is 0 Å². The number of nitrogens with zero attached hydrogens (tertiary/aromatic N) is 2. The van der Waals surface area contributed by atoms with E-state index in [2.05, 4.69) is 183 Å². The Balaban J connectivity index is 1.10. The molecule has 2 heterocycles. The fourth-order valence-corrected chi connectivity index (χ4v) is 8.75. The first-order valence-corrected chi connectivity index (χ1v) is 18.8. The highest BCUT2D eigenvalue weighted by Gasteiger charge is 2.40. The maximum atomic E-state index is 6.46. The van der Waals surface area contributed by atoms with Crippen LogP contribution < -0.4 is 0 Å². The minimum absolute atomic E-state index is 0.313. The Morgan fingerprint density at radius 2 is 1.07 bits per heavy atom. The van der Waals surface area contributed by atoms with Crippen LogP contribution in [0.15, 0.2) is 192 Å². The van der Waals surface area contributed by atoms with E-state index in [-0.39, 0.29) is 5.41 Å². The summed E-state index contributed by atoms with van der Waals surface area (Å²) in [6.45, 7) is 2.36. The van der Waals surface area contributed by atoms with Crippen molar-refractivity contribution >= 4 is 32.7 Å². The highest BCUT2D eigenvalue weighted by molar-refractivity contribution is 6.09. The number of aromatic nitrogens is 2. The predicted octanol–water partition coefficient (Wildman–Crippen LogP) is 13.5. The fourth-order valence-electron chi connectivity index (χ4n) is 8.75. The van der Waals surface area contributed by atoms with E-state index in [1.807, 2.05) is 12.1 Å². The highest BCUT2D eigenvalue weighted by atomic mass is 16.3. The van der Waals surface area contributed by atoms with Gasteiger partial charge in [0.15, 0.2) is 5.82 Å². The van der Waals surface area contributed by atoms with Gasteiger partial charge in [0.1, 0.15) is 11.2 Å². The van der Waals surface area contributed by atoms with Crippen LogP contribution in [0.4, 0.5) is 0 Å². The van der Waals surface area contributed by atoms with Gasteiger partial charge in [0, 0.05) is 38.4 Å². The fraction of sp³-hybridized carbons (Fsp3) is 0.0385. The van der Waals surface area contributed by atoms with Crippen molar-refractivity contribution in [1.82, 2.24) is 9.97 Å². The molecule has 8 aromatic carbocycles. The second kappa shape index (κ2) is 12.2. The molecule has 10 aromatic rings. The maximum Gasteiger partial charge on any atom is 0.160 e. The number of fused-ring (bicyclic) bond motifs is 7. The van der Waals surface area contributed by atoms with E-state index in [1.165, 1.54) is 33.2 Å². The molecule has 0 aliphatic heterocycles. The Hall–Kier alpha value is -7.10. The van der Waals surface area contributed by atoms with Crippen LogP contribution in [0.5, 0.6) is 0 Å². The summed E-state index contributed by atoms with van der Waals surface area (Å²) in [5.41, 5.74) is 14.8. The molecule has 1 aliphatic carbocycles. The van der Waals surface area contributed by atoms with Gasteiger partial charge in [-0.3, -0.25) is 0 Å². The maximum absolute atomic E-state index is 6.46. The third-order valence-corrected chi connectivity index (χ3v) is 11.6. The second-order valence-electron chi connectivity index (χ2n) is 14.7. The third-order valence-electron chi connectivity index (χ3n) is 11.6. The lowest BCUT2D eigenvalue weighted by molar-refractivity contribution is 0.670. The standard InChI is InChI=1S/C52H34N2O/c1-52(39-17-3-2-4-18-39)45-23-9-7-19-41(45)42-28-27-37(31-46(42)52)48-32-47(53-51(54-48)38-26-25-33-13-5-6-14-34(33)29-38)36-16-11-15-35(30-36)40-21-12-22-44-43-20-8-10-24-49(43)55-50(40)44/h2-32H,1H3. The molecule has 1 aliphatic rings. The highest BCUT2D eigenvalue weighted by Crippen LogP contribution is 2.53. The first kappa shape index (κ1) is 31.4. The van der Waals surface area contributed by atoms with Crippen molar-refractivity contribution < 1.29 is 4.42 Å². The number of para-hydroxylation sites is 2. The van der Waals surface area contributed by atoms with Gasteiger partial charge >= 0.3 is 0 Å². The first-order chi connectivity index (χ1) is 27.1. The van der Waals surface area contributed by atoms with Gasteiger partial charge in [-0.2, -0.15) is 0 Å². The van der Waals surface area contributed by atoms with Gasteiger partial charge < -0.3 is 4.42 Å². The van der Waals surface area contributed by atoms with Crippen molar-refractivity contribution in [3.63, 3.8) is 0 Å². The molecular formula is C52H34N2O. The zero-order valence-electron chi connectivity index (χ0n) is 30.2. The lowest BCUT2D eigenvalue weighted by atomic mass is 9.74. The van der Waals surface area contributed by atoms with Crippen LogP contribution in [0.2, 0.25) is 0 Å². The number of furan rings is 1. The molecular weight excluding hydrogens is 669 g/mol. The van der Waals surface area contributed by atoms with Gasteiger partial charge in [0.25, 0.3) is 0 Å². The summed E-state index contributed by atoms with van der Waals surface area (Å²) in [7, 11) is 0. The topological polar surface area (TPSA) is 38.9 Å².